The van der Waals surface area contributed by atoms with Gasteiger partial charge in [0.2, 0.25) is 0 Å². The second kappa shape index (κ2) is 11.8. The summed E-state index contributed by atoms with van der Waals surface area (Å²) in [6, 6.07) is 22.6. The Labute approximate surface area is 232 Å². The number of benzene rings is 3. The Bertz CT molecular complexity index is 1460. The van der Waals surface area contributed by atoms with Gasteiger partial charge in [-0.3, -0.25) is 14.7 Å². The first kappa shape index (κ1) is 26.5. The number of carbonyl (C=O) groups is 1. The van der Waals surface area contributed by atoms with Gasteiger partial charge in [-0.2, -0.15) is 0 Å². The highest BCUT2D eigenvalue weighted by Crippen LogP contribution is 2.38. The highest BCUT2D eigenvalue weighted by molar-refractivity contribution is 6.03. The average molecular weight is 541 g/mol. The largest absolute Gasteiger partial charge is 0.392 e. The fourth-order valence-corrected chi connectivity index (χ4v) is 5.28. The molecule has 2 aliphatic rings. The molecule has 3 N–H and O–H groups in total. The molecule has 0 saturated carbocycles. The number of hydrogen-bond donors (Lipinski definition) is 3. The molecule has 9 nitrogen and oxygen atoms in total. The number of β-amino-alcohol motifs (C(OH)–C–C–N with tert-alkyl or cyclic N) is 1. The first-order valence-electron chi connectivity index (χ1n) is 13.6. The first-order chi connectivity index (χ1) is 19.5. The molecule has 0 aliphatic carbocycles. The van der Waals surface area contributed by atoms with Gasteiger partial charge < -0.3 is 25.0 Å². The van der Waals surface area contributed by atoms with E-state index in [1.165, 1.54) is 6.20 Å². The highest BCUT2D eigenvalue weighted by Gasteiger charge is 2.34. The number of hydrogen-bond acceptors (Lipinski definition) is 8. The number of aliphatic hydroxyl groups is 2. The Balaban J connectivity index is 1.17. The molecule has 2 saturated heterocycles. The van der Waals surface area contributed by atoms with Crippen LogP contribution >= 0.6 is 0 Å². The van der Waals surface area contributed by atoms with Crippen LogP contribution in [0.5, 0.6) is 0 Å². The molecule has 1 aromatic heterocycles. The molecule has 4 atom stereocenters. The van der Waals surface area contributed by atoms with E-state index in [1.807, 2.05) is 72.8 Å². The summed E-state index contributed by atoms with van der Waals surface area (Å²) in [6.07, 6.45) is 1.78. The minimum absolute atomic E-state index is 0.00617. The normalized spacial score (nSPS) is 23.4. The summed E-state index contributed by atoms with van der Waals surface area (Å²) in [7, 11) is 0. The first-order valence-corrected chi connectivity index (χ1v) is 13.6. The van der Waals surface area contributed by atoms with Crippen molar-refractivity contribution in [3.05, 3.63) is 101 Å². The van der Waals surface area contributed by atoms with E-state index in [2.05, 4.69) is 20.2 Å². The predicted octanol–water partition coefficient (Wildman–Crippen LogP) is 3.99. The number of rotatable bonds is 7. The Morgan fingerprint density at radius 3 is 2.45 bits per heavy atom. The van der Waals surface area contributed by atoms with Crippen LogP contribution in [0.1, 0.15) is 52.4 Å². The molecule has 9 heteroatoms. The van der Waals surface area contributed by atoms with E-state index in [-0.39, 0.29) is 36.5 Å². The molecule has 0 spiro atoms. The van der Waals surface area contributed by atoms with Gasteiger partial charge in [0.25, 0.3) is 5.91 Å². The van der Waals surface area contributed by atoms with Gasteiger partial charge in [-0.05, 0) is 41.8 Å². The van der Waals surface area contributed by atoms with Crippen molar-refractivity contribution in [1.82, 2.24) is 14.9 Å². The monoisotopic (exact) mass is 540 g/mol. The molecule has 2 aliphatic heterocycles. The van der Waals surface area contributed by atoms with Gasteiger partial charge in [-0.1, -0.05) is 48.5 Å². The lowest BCUT2D eigenvalue weighted by atomic mass is 9.99. The van der Waals surface area contributed by atoms with Gasteiger partial charge in [-0.25, -0.2) is 4.98 Å². The van der Waals surface area contributed by atoms with E-state index >= 15 is 0 Å². The number of ether oxygens (including phenoxy) is 2. The minimum Gasteiger partial charge on any atom is -0.392 e. The molecule has 0 radical (unpaired) electrons. The van der Waals surface area contributed by atoms with Crippen LogP contribution in [0.25, 0.3) is 11.0 Å². The lowest BCUT2D eigenvalue weighted by Crippen LogP contribution is -2.38. The molecule has 40 heavy (non-hydrogen) atoms. The Kier molecular flexibility index (Phi) is 7.81. The number of anilines is 1. The Morgan fingerprint density at radius 1 is 0.975 bits per heavy atom. The van der Waals surface area contributed by atoms with Gasteiger partial charge in [-0.15, -0.1) is 0 Å². The van der Waals surface area contributed by atoms with Crippen molar-refractivity contribution in [1.29, 1.82) is 0 Å². The van der Waals surface area contributed by atoms with Crippen LogP contribution in [0, 0.1) is 0 Å². The summed E-state index contributed by atoms with van der Waals surface area (Å²) >= 11 is 0. The predicted molar refractivity (Wildman–Crippen MR) is 149 cm³/mol. The molecule has 0 unspecified atom stereocenters. The van der Waals surface area contributed by atoms with Crippen molar-refractivity contribution in [3.63, 3.8) is 0 Å². The number of amides is 1. The summed E-state index contributed by atoms with van der Waals surface area (Å²) in [4.78, 5) is 23.8. The number of likely N-dealkylation sites (tertiary alicyclic amines) is 1. The number of carbonyl (C=O) groups excluding carboxylic acids is 1. The lowest BCUT2D eigenvalue weighted by molar-refractivity contribution is -0.252. The van der Waals surface area contributed by atoms with Crippen molar-refractivity contribution in [3.8, 4) is 0 Å². The number of nitrogens with zero attached hydrogens (tertiary/aromatic N) is 3. The third-order valence-electron chi connectivity index (χ3n) is 7.45. The molecule has 4 aromatic rings. The van der Waals surface area contributed by atoms with Crippen LogP contribution in [-0.2, 0) is 16.1 Å². The van der Waals surface area contributed by atoms with Crippen LogP contribution in [0.3, 0.4) is 0 Å². The SMILES string of the molecule is O=C(Nc1ccc([C@H]2O[C@@H](CN3CC[C@H](O)C3)C[C@@H](c3ccc(CO)cc3)O2)cc1)c1cnc2ccccc2n1. The maximum Gasteiger partial charge on any atom is 0.275 e. The minimum atomic E-state index is -0.593. The lowest BCUT2D eigenvalue weighted by Gasteiger charge is -2.37. The average Bonchev–Trinajstić information content (AvgIpc) is 3.41. The van der Waals surface area contributed by atoms with Crippen LogP contribution in [-0.4, -0.2) is 62.8 Å². The van der Waals surface area contributed by atoms with Crippen LogP contribution in [0.15, 0.2) is 79.0 Å². The summed E-state index contributed by atoms with van der Waals surface area (Å²) < 4.78 is 12.8. The molecule has 206 valence electrons. The van der Waals surface area contributed by atoms with Crippen molar-refractivity contribution >= 4 is 22.6 Å². The molecule has 3 heterocycles. The van der Waals surface area contributed by atoms with E-state index in [0.29, 0.717) is 30.7 Å². The van der Waals surface area contributed by atoms with E-state index in [9.17, 15) is 15.0 Å². The third kappa shape index (κ3) is 6.04. The molecule has 2 fully saturated rings. The van der Waals surface area contributed by atoms with Crippen molar-refractivity contribution in [2.75, 3.05) is 25.0 Å². The molecule has 1 amide bonds. The fourth-order valence-electron chi connectivity index (χ4n) is 5.28. The zero-order valence-electron chi connectivity index (χ0n) is 22.0. The van der Waals surface area contributed by atoms with Gasteiger partial charge in [0.15, 0.2) is 6.29 Å². The van der Waals surface area contributed by atoms with Gasteiger partial charge >= 0.3 is 0 Å². The van der Waals surface area contributed by atoms with Crippen LogP contribution < -0.4 is 5.32 Å². The zero-order chi connectivity index (χ0) is 27.5. The number of para-hydroxylation sites is 2. The maximum absolute atomic E-state index is 12.8. The van der Waals surface area contributed by atoms with Crippen molar-refractivity contribution in [2.45, 2.75) is 44.1 Å². The molecular weight excluding hydrogens is 508 g/mol. The summed E-state index contributed by atoms with van der Waals surface area (Å²) in [5.74, 6) is -0.338. The Morgan fingerprint density at radius 2 is 1.73 bits per heavy atom. The summed E-state index contributed by atoms with van der Waals surface area (Å²) in [5.41, 5.74) is 4.98. The highest BCUT2D eigenvalue weighted by atomic mass is 16.7. The zero-order valence-corrected chi connectivity index (χ0v) is 22.0. The number of fused-ring (bicyclic) bond motifs is 1. The van der Waals surface area contributed by atoms with Crippen molar-refractivity contribution < 1.29 is 24.5 Å². The van der Waals surface area contributed by atoms with E-state index in [0.717, 1.165) is 35.2 Å². The molecule has 3 aromatic carbocycles. The topological polar surface area (TPSA) is 117 Å². The maximum atomic E-state index is 12.8. The van der Waals surface area contributed by atoms with Gasteiger partial charge in [0.1, 0.15) is 5.69 Å². The Hall–Kier alpha value is -3.73. The third-order valence-corrected chi connectivity index (χ3v) is 7.45. The molecule has 6 rings (SSSR count). The second-order valence-corrected chi connectivity index (χ2v) is 10.4. The van der Waals surface area contributed by atoms with E-state index < -0.39 is 6.29 Å². The molecule has 0 bridgehead atoms. The van der Waals surface area contributed by atoms with E-state index in [1.54, 1.807) is 0 Å². The van der Waals surface area contributed by atoms with E-state index in [4.69, 9.17) is 9.47 Å². The van der Waals surface area contributed by atoms with Gasteiger partial charge in [0, 0.05) is 37.3 Å². The van der Waals surface area contributed by atoms with Crippen LogP contribution in [0.2, 0.25) is 0 Å². The van der Waals surface area contributed by atoms with Crippen LogP contribution in [0.4, 0.5) is 5.69 Å². The second-order valence-electron chi connectivity index (χ2n) is 10.4. The quantitative estimate of drug-likeness (QED) is 0.322. The number of aliphatic hydroxyl groups excluding tert-OH is 2. The standard InChI is InChI=1S/C31H32N4O5/c36-19-20-5-7-21(8-6-20)29-15-25(18-35-14-13-24(37)17-35)39-31(40-29)22-9-11-23(12-10-22)33-30(38)28-16-32-26-3-1-2-4-27(26)34-28/h1-12,16,24-25,29,31,36-37H,13-15,17-19H2,(H,33,38)/t24-,25+,29-,31-/m0/s1. The van der Waals surface area contributed by atoms with Crippen molar-refractivity contribution in [2.24, 2.45) is 0 Å². The summed E-state index contributed by atoms with van der Waals surface area (Å²) in [6.45, 7) is 2.20. The smallest absolute Gasteiger partial charge is 0.275 e. The number of nitrogens with one attached hydrogen (secondary N) is 1. The van der Waals surface area contributed by atoms with Gasteiger partial charge in [0.05, 0.1) is 42.1 Å². The summed E-state index contributed by atoms with van der Waals surface area (Å²) in [5, 5.41) is 22.3. The fraction of sp³-hybridized carbons (Fsp3) is 0.323. The number of aromatic nitrogens is 2. The molecular formula is C31H32N4O5.